The van der Waals surface area contributed by atoms with Crippen molar-refractivity contribution < 1.29 is 22.0 Å². The predicted octanol–water partition coefficient (Wildman–Crippen LogP) is 5.81. The van der Waals surface area contributed by atoms with E-state index in [0.717, 1.165) is 12.8 Å². The van der Waals surface area contributed by atoms with Gasteiger partial charge in [-0.15, -0.1) is 4.91 Å². The second-order valence-electron chi connectivity index (χ2n) is 9.04. The van der Waals surface area contributed by atoms with E-state index < -0.39 is 20.0 Å². The highest BCUT2D eigenvalue weighted by Crippen LogP contribution is 2.43. The number of rotatable bonds is 14. The molecule has 0 radical (unpaired) electrons. The Hall–Kier alpha value is -2.64. The molecule has 3 rings (SSSR count). The first-order chi connectivity index (χ1) is 18.1. The van der Waals surface area contributed by atoms with Crippen LogP contribution in [-0.4, -0.2) is 56.8 Å². The van der Waals surface area contributed by atoms with Crippen molar-refractivity contribution in [3.05, 3.63) is 41.3 Å². The third-order valence-corrected chi connectivity index (χ3v) is 10.7. The highest BCUT2D eigenvalue weighted by Gasteiger charge is 2.27. The summed E-state index contributed by atoms with van der Waals surface area (Å²) in [6.07, 6.45) is 3.11. The lowest BCUT2D eigenvalue weighted by atomic mass is 9.99. The van der Waals surface area contributed by atoms with Gasteiger partial charge in [-0.05, 0) is 42.3 Å². The molecular formula is C26H36N4O6S2. The average molecular weight is 565 g/mol. The average Bonchev–Trinajstić information content (AvgIpc) is 2.91. The van der Waals surface area contributed by atoms with E-state index in [2.05, 4.69) is 10.7 Å². The molecule has 3 aromatic carbocycles. The molecule has 0 aliphatic heterocycles. The second kappa shape index (κ2) is 12.5. The molecule has 2 N–H and O–H groups in total. The van der Waals surface area contributed by atoms with E-state index in [9.17, 15) is 26.9 Å². The molecule has 0 spiro atoms. The smallest absolute Gasteiger partial charge is 0.243 e. The Morgan fingerprint density at radius 3 is 1.63 bits per heavy atom. The van der Waals surface area contributed by atoms with Crippen molar-refractivity contribution in [3.8, 4) is 0 Å². The van der Waals surface area contributed by atoms with Crippen LogP contribution in [0.5, 0.6) is 0 Å². The lowest BCUT2D eigenvalue weighted by Crippen LogP contribution is -2.31. The first kappa shape index (κ1) is 29.9. The highest BCUT2D eigenvalue weighted by atomic mass is 32.2. The first-order valence-electron chi connectivity index (χ1n) is 12.9. The summed E-state index contributed by atoms with van der Waals surface area (Å²) in [4.78, 5) is 12.1. The number of unbranched alkanes of at least 4 members (excludes halogenated alkanes) is 2. The maximum absolute atomic E-state index is 13.3. The molecule has 0 fully saturated rings. The van der Waals surface area contributed by atoms with Crippen LogP contribution in [-0.2, 0) is 20.0 Å². The molecule has 0 aliphatic rings. The van der Waals surface area contributed by atoms with Gasteiger partial charge in [0.05, 0.1) is 15.5 Å². The van der Waals surface area contributed by atoms with Crippen molar-refractivity contribution in [3.63, 3.8) is 0 Å². The van der Waals surface area contributed by atoms with Gasteiger partial charge in [0.2, 0.25) is 20.0 Å². The Kier molecular flexibility index (Phi) is 9.82. The maximum Gasteiger partial charge on any atom is 0.243 e. The summed E-state index contributed by atoms with van der Waals surface area (Å²) < 4.78 is 56.1. The van der Waals surface area contributed by atoms with Crippen molar-refractivity contribution in [2.45, 2.75) is 63.2 Å². The minimum absolute atomic E-state index is 0.00445. The third-order valence-electron chi connectivity index (χ3n) is 6.74. The summed E-state index contributed by atoms with van der Waals surface area (Å²) in [7, 11) is -7.67. The van der Waals surface area contributed by atoms with Crippen LogP contribution in [0.3, 0.4) is 0 Å². The lowest BCUT2D eigenvalue weighted by Gasteiger charge is -2.22. The van der Waals surface area contributed by atoms with E-state index in [-0.39, 0.29) is 37.3 Å². The Morgan fingerprint density at radius 1 is 0.737 bits per heavy atom. The Morgan fingerprint density at radius 2 is 1.21 bits per heavy atom. The van der Waals surface area contributed by atoms with Crippen LogP contribution in [0.1, 0.15) is 53.4 Å². The minimum atomic E-state index is -3.84. The van der Waals surface area contributed by atoms with Gasteiger partial charge in [0.1, 0.15) is 5.69 Å². The molecule has 0 aromatic heterocycles. The van der Waals surface area contributed by atoms with Crippen LogP contribution >= 0.6 is 0 Å². The summed E-state index contributed by atoms with van der Waals surface area (Å²) >= 11 is 0. The summed E-state index contributed by atoms with van der Waals surface area (Å²) in [6.45, 7) is 8.84. The lowest BCUT2D eigenvalue weighted by molar-refractivity contribution is 0.390. The van der Waals surface area contributed by atoms with Gasteiger partial charge in [0.25, 0.3) is 0 Å². The molecule has 0 aliphatic carbocycles. The predicted molar refractivity (Wildman–Crippen MR) is 151 cm³/mol. The quantitative estimate of drug-likeness (QED) is 0.143. The molecule has 0 saturated heterocycles. The number of sulfonamides is 2. The van der Waals surface area contributed by atoms with Crippen LogP contribution in [0.4, 0.5) is 11.4 Å². The van der Waals surface area contributed by atoms with E-state index >= 15 is 0 Å². The number of benzene rings is 3. The van der Waals surface area contributed by atoms with Crippen LogP contribution in [0.2, 0.25) is 0 Å². The van der Waals surface area contributed by atoms with E-state index in [4.69, 9.17) is 0 Å². The monoisotopic (exact) mass is 564 g/mol. The Balaban J connectivity index is 2.27. The van der Waals surface area contributed by atoms with Gasteiger partial charge >= 0.3 is 0 Å². The summed E-state index contributed by atoms with van der Waals surface area (Å²) in [6, 6.07) is 8.55. The van der Waals surface area contributed by atoms with E-state index in [1.54, 1.807) is 13.8 Å². The molecule has 0 atom stereocenters. The fraction of sp³-hybridized carbons (Fsp3) is 0.462. The number of hydrogen-bond acceptors (Lipinski definition) is 8. The summed E-state index contributed by atoms with van der Waals surface area (Å²) in [5.74, 6) is 0. The zero-order chi connectivity index (χ0) is 28.1. The van der Waals surface area contributed by atoms with Crippen molar-refractivity contribution >= 4 is 53.0 Å². The molecule has 0 amide bonds. The van der Waals surface area contributed by atoms with Crippen LogP contribution in [0.15, 0.2) is 51.4 Å². The van der Waals surface area contributed by atoms with Crippen molar-refractivity contribution in [2.75, 3.05) is 31.7 Å². The maximum atomic E-state index is 13.3. The van der Waals surface area contributed by atoms with Crippen molar-refractivity contribution in [2.24, 2.45) is 5.18 Å². The van der Waals surface area contributed by atoms with Gasteiger partial charge in [-0.1, -0.05) is 52.7 Å². The van der Waals surface area contributed by atoms with Crippen LogP contribution in [0, 0.1) is 4.91 Å². The number of anilines is 1. The normalized spacial score (nSPS) is 12.6. The molecule has 208 valence electrons. The minimum Gasteiger partial charge on any atom is -0.291 e. The van der Waals surface area contributed by atoms with Gasteiger partial charge in [-0.2, -0.15) is 8.61 Å². The molecule has 0 unspecified atom stereocenters. The fourth-order valence-electron chi connectivity index (χ4n) is 4.57. The topological polar surface area (TPSA) is 136 Å². The van der Waals surface area contributed by atoms with Crippen LogP contribution in [0.25, 0.3) is 21.5 Å². The molecule has 38 heavy (non-hydrogen) atoms. The third kappa shape index (κ3) is 5.55. The van der Waals surface area contributed by atoms with Crippen molar-refractivity contribution in [1.29, 1.82) is 0 Å². The molecular weight excluding hydrogens is 528 g/mol. The number of hydrogen-bond donors (Lipinski definition) is 2. The molecule has 3 aromatic rings. The summed E-state index contributed by atoms with van der Waals surface area (Å²) in [5.41, 5.74) is 2.24. The second-order valence-corrected chi connectivity index (χ2v) is 12.9. The zero-order valence-corrected chi connectivity index (χ0v) is 23.9. The largest absolute Gasteiger partial charge is 0.291 e. The highest BCUT2D eigenvalue weighted by molar-refractivity contribution is 7.89. The number of nitrogens with one attached hydrogen (secondary N) is 1. The van der Waals surface area contributed by atoms with E-state index in [1.807, 2.05) is 13.8 Å². The zero-order valence-electron chi connectivity index (χ0n) is 22.3. The number of fused-ring (bicyclic) bond motifs is 2. The van der Waals surface area contributed by atoms with Crippen molar-refractivity contribution in [1.82, 2.24) is 8.61 Å². The number of nitrogens with zero attached hydrogens (tertiary/aromatic N) is 3. The molecule has 10 nitrogen and oxygen atoms in total. The molecule has 0 saturated carbocycles. The standard InChI is InChI=1S/C26H36N4O6S2/c1-5-9-15-29(7-3)37(33,34)19-11-13-21-23(17-19)25(27-31)22-14-12-20(18-24(22)26(21)28-32)38(35,36)30(8-4)16-10-6-2/h11-14,17-18,27,31H,5-10,15-16H2,1-4H3. The molecule has 12 heteroatoms. The van der Waals surface area contributed by atoms with E-state index in [0.29, 0.717) is 44.4 Å². The SMILES string of the molecule is CCCCN(CC)S(=O)(=O)c1ccc2c(NO)c3cc(S(=O)(=O)N(CC)CCCC)ccc3c(N=O)c2c1. The summed E-state index contributed by atoms with van der Waals surface area (Å²) in [5, 5.41) is 14.4. The fourth-order valence-corrected chi connectivity index (χ4v) is 7.60. The van der Waals surface area contributed by atoms with Crippen LogP contribution < -0.4 is 5.48 Å². The van der Waals surface area contributed by atoms with Gasteiger partial charge in [0, 0.05) is 47.7 Å². The Labute approximate surface area is 224 Å². The van der Waals surface area contributed by atoms with E-state index in [1.165, 1.54) is 45.0 Å². The number of nitroso groups, excluding NO2 is 1. The van der Waals surface area contributed by atoms with Gasteiger partial charge in [0.15, 0.2) is 0 Å². The van der Waals surface area contributed by atoms with Gasteiger partial charge in [-0.3, -0.25) is 10.7 Å². The van der Waals surface area contributed by atoms with Gasteiger partial charge in [-0.25, -0.2) is 16.8 Å². The molecule has 0 heterocycles. The Bertz CT molecular complexity index is 1520. The van der Waals surface area contributed by atoms with Gasteiger partial charge < -0.3 is 0 Å². The molecule has 0 bridgehead atoms. The first-order valence-corrected chi connectivity index (χ1v) is 15.8.